The molecule has 2 N–H and O–H groups in total. The number of nitrogens with zero attached hydrogens (tertiary/aromatic N) is 2. The molecule has 102 valence electrons. The zero-order valence-corrected chi connectivity index (χ0v) is 12.0. The van der Waals surface area contributed by atoms with Crippen molar-refractivity contribution in [1.29, 1.82) is 0 Å². The molecule has 1 atom stereocenters. The van der Waals surface area contributed by atoms with Crippen LogP contribution < -0.4 is 5.73 Å². The molecule has 1 aliphatic heterocycles. The van der Waals surface area contributed by atoms with Crippen molar-refractivity contribution in [1.82, 2.24) is 9.88 Å². The van der Waals surface area contributed by atoms with E-state index in [1.165, 1.54) is 37.2 Å². The zero-order valence-electron chi connectivity index (χ0n) is 11.1. The van der Waals surface area contributed by atoms with Gasteiger partial charge in [-0.2, -0.15) is 0 Å². The summed E-state index contributed by atoms with van der Waals surface area (Å²) in [6.45, 7) is 6.28. The standard InChI is InChI=1S/C14H23N3.ClH/c1-12-4-5-14(16-9-12)11-17-8-2-3-13(10-17)6-7-15;/h4-5,9,13H,2-3,6-8,10-11,15H2,1H3;1H. The van der Waals surface area contributed by atoms with Crippen molar-refractivity contribution in [3.05, 3.63) is 29.6 Å². The molecule has 4 heteroatoms. The van der Waals surface area contributed by atoms with Crippen molar-refractivity contribution >= 4 is 12.4 Å². The van der Waals surface area contributed by atoms with Gasteiger partial charge in [-0.25, -0.2) is 0 Å². The van der Waals surface area contributed by atoms with E-state index in [1.807, 2.05) is 6.20 Å². The minimum absolute atomic E-state index is 0. The molecule has 0 aliphatic carbocycles. The molecule has 1 saturated heterocycles. The number of nitrogens with two attached hydrogens (primary N) is 1. The first-order valence-corrected chi connectivity index (χ1v) is 6.62. The Kier molecular flexibility index (Phi) is 6.61. The smallest absolute Gasteiger partial charge is 0.0544 e. The van der Waals surface area contributed by atoms with E-state index in [4.69, 9.17) is 5.73 Å². The Morgan fingerprint density at radius 1 is 1.44 bits per heavy atom. The van der Waals surface area contributed by atoms with Crippen LogP contribution in [0.1, 0.15) is 30.5 Å². The molecule has 2 rings (SSSR count). The normalized spacial score (nSPS) is 20.4. The number of piperidine rings is 1. The van der Waals surface area contributed by atoms with Crippen LogP contribution in [0.15, 0.2) is 18.3 Å². The maximum atomic E-state index is 5.64. The molecule has 0 saturated carbocycles. The lowest BCUT2D eigenvalue weighted by molar-refractivity contribution is 0.161. The SMILES string of the molecule is Cc1ccc(CN2CCCC(CCN)C2)nc1.Cl. The number of hydrogen-bond donors (Lipinski definition) is 1. The van der Waals surface area contributed by atoms with Gasteiger partial charge in [-0.05, 0) is 56.8 Å². The first-order valence-electron chi connectivity index (χ1n) is 6.62. The maximum absolute atomic E-state index is 5.64. The van der Waals surface area contributed by atoms with Crippen LogP contribution in [0, 0.1) is 12.8 Å². The molecule has 0 aromatic carbocycles. The summed E-state index contributed by atoms with van der Waals surface area (Å²) in [7, 11) is 0. The number of likely N-dealkylation sites (tertiary alicyclic amines) is 1. The highest BCUT2D eigenvalue weighted by molar-refractivity contribution is 5.85. The third-order valence-electron chi connectivity index (χ3n) is 3.54. The molecular weight excluding hydrogens is 246 g/mol. The van der Waals surface area contributed by atoms with Crippen LogP contribution >= 0.6 is 12.4 Å². The maximum Gasteiger partial charge on any atom is 0.0544 e. The highest BCUT2D eigenvalue weighted by Crippen LogP contribution is 2.20. The van der Waals surface area contributed by atoms with E-state index >= 15 is 0 Å². The second-order valence-corrected chi connectivity index (χ2v) is 5.15. The van der Waals surface area contributed by atoms with Crippen molar-refractivity contribution in [3.8, 4) is 0 Å². The van der Waals surface area contributed by atoms with Crippen LogP contribution in [0.2, 0.25) is 0 Å². The summed E-state index contributed by atoms with van der Waals surface area (Å²) in [6.07, 6.45) is 5.76. The Labute approximate surface area is 116 Å². The van der Waals surface area contributed by atoms with E-state index in [0.717, 1.165) is 25.4 Å². The van der Waals surface area contributed by atoms with Crippen LogP contribution in [-0.2, 0) is 6.54 Å². The van der Waals surface area contributed by atoms with Crippen molar-refractivity contribution in [3.63, 3.8) is 0 Å². The number of rotatable bonds is 4. The van der Waals surface area contributed by atoms with Gasteiger partial charge in [-0.3, -0.25) is 9.88 Å². The lowest BCUT2D eigenvalue weighted by Gasteiger charge is -2.32. The molecule has 0 radical (unpaired) electrons. The first-order chi connectivity index (χ1) is 8.28. The van der Waals surface area contributed by atoms with E-state index < -0.39 is 0 Å². The topological polar surface area (TPSA) is 42.1 Å². The van der Waals surface area contributed by atoms with Crippen LogP contribution in [-0.4, -0.2) is 29.5 Å². The van der Waals surface area contributed by atoms with Gasteiger partial charge in [0.25, 0.3) is 0 Å². The summed E-state index contributed by atoms with van der Waals surface area (Å²) >= 11 is 0. The minimum atomic E-state index is 0. The summed E-state index contributed by atoms with van der Waals surface area (Å²) in [5.41, 5.74) is 8.06. The molecular formula is C14H24ClN3. The van der Waals surface area contributed by atoms with Gasteiger partial charge in [-0.15, -0.1) is 12.4 Å². The molecule has 0 bridgehead atoms. The van der Waals surface area contributed by atoms with Crippen molar-refractivity contribution in [2.24, 2.45) is 11.7 Å². The third-order valence-corrected chi connectivity index (χ3v) is 3.54. The van der Waals surface area contributed by atoms with Crippen molar-refractivity contribution in [2.75, 3.05) is 19.6 Å². The lowest BCUT2D eigenvalue weighted by atomic mass is 9.95. The van der Waals surface area contributed by atoms with Gasteiger partial charge >= 0.3 is 0 Å². The fourth-order valence-corrected chi connectivity index (χ4v) is 2.59. The number of aromatic nitrogens is 1. The third kappa shape index (κ3) is 4.56. The summed E-state index contributed by atoms with van der Waals surface area (Å²) in [5.74, 6) is 0.791. The first kappa shape index (κ1) is 15.4. The Bertz CT molecular complexity index is 337. The molecule has 18 heavy (non-hydrogen) atoms. The van der Waals surface area contributed by atoms with Gasteiger partial charge in [0.05, 0.1) is 5.69 Å². The Morgan fingerprint density at radius 3 is 2.94 bits per heavy atom. The summed E-state index contributed by atoms with van der Waals surface area (Å²) in [4.78, 5) is 6.99. The largest absolute Gasteiger partial charge is 0.330 e. The van der Waals surface area contributed by atoms with Gasteiger partial charge in [0.2, 0.25) is 0 Å². The predicted molar refractivity (Wildman–Crippen MR) is 77.9 cm³/mol. The summed E-state index contributed by atoms with van der Waals surface area (Å²) in [6, 6.07) is 4.28. The highest BCUT2D eigenvalue weighted by Gasteiger charge is 2.19. The molecule has 1 aromatic rings. The Balaban J connectivity index is 0.00000162. The summed E-state index contributed by atoms with van der Waals surface area (Å²) < 4.78 is 0. The van der Waals surface area contributed by atoms with Gasteiger partial charge in [0.1, 0.15) is 0 Å². The molecule has 2 heterocycles. The number of pyridine rings is 1. The average molecular weight is 270 g/mol. The highest BCUT2D eigenvalue weighted by atomic mass is 35.5. The molecule has 1 fully saturated rings. The van der Waals surface area contributed by atoms with Crippen LogP contribution in [0.3, 0.4) is 0 Å². The number of hydrogen-bond acceptors (Lipinski definition) is 3. The molecule has 1 aliphatic rings. The molecule has 0 amide bonds. The monoisotopic (exact) mass is 269 g/mol. The second kappa shape index (κ2) is 7.72. The van der Waals surface area contributed by atoms with Gasteiger partial charge in [0.15, 0.2) is 0 Å². The second-order valence-electron chi connectivity index (χ2n) is 5.15. The minimum Gasteiger partial charge on any atom is -0.330 e. The van der Waals surface area contributed by atoms with Crippen molar-refractivity contribution < 1.29 is 0 Å². The van der Waals surface area contributed by atoms with E-state index in [-0.39, 0.29) is 12.4 Å². The van der Waals surface area contributed by atoms with Crippen LogP contribution in [0.25, 0.3) is 0 Å². The van der Waals surface area contributed by atoms with Crippen LogP contribution in [0.5, 0.6) is 0 Å². The predicted octanol–water partition coefficient (Wildman–Crippen LogP) is 2.37. The molecule has 1 unspecified atom stereocenters. The van der Waals surface area contributed by atoms with Gasteiger partial charge < -0.3 is 5.73 Å². The fourth-order valence-electron chi connectivity index (χ4n) is 2.59. The van der Waals surface area contributed by atoms with E-state index in [0.29, 0.717) is 0 Å². The Hall–Kier alpha value is -0.640. The average Bonchev–Trinajstić information content (AvgIpc) is 2.33. The van der Waals surface area contributed by atoms with Gasteiger partial charge in [-0.1, -0.05) is 6.07 Å². The number of halogens is 1. The quantitative estimate of drug-likeness (QED) is 0.913. The zero-order chi connectivity index (χ0) is 12.1. The van der Waals surface area contributed by atoms with Crippen LogP contribution in [0.4, 0.5) is 0 Å². The molecule has 0 spiro atoms. The molecule has 3 nitrogen and oxygen atoms in total. The lowest BCUT2D eigenvalue weighted by Crippen LogP contribution is -2.35. The molecule has 1 aromatic heterocycles. The van der Waals surface area contributed by atoms with E-state index in [1.54, 1.807) is 0 Å². The fraction of sp³-hybridized carbons (Fsp3) is 0.643. The van der Waals surface area contributed by atoms with Gasteiger partial charge in [0, 0.05) is 19.3 Å². The summed E-state index contributed by atoms with van der Waals surface area (Å²) in [5, 5.41) is 0. The van der Waals surface area contributed by atoms with Crippen molar-refractivity contribution in [2.45, 2.75) is 32.7 Å². The van der Waals surface area contributed by atoms with E-state index in [9.17, 15) is 0 Å². The van der Waals surface area contributed by atoms with E-state index in [2.05, 4.69) is 28.9 Å². The Morgan fingerprint density at radius 2 is 2.28 bits per heavy atom. The number of aryl methyl sites for hydroxylation is 1.